The third kappa shape index (κ3) is 4.12. The number of thioether (sulfide) groups is 1. The third-order valence-corrected chi connectivity index (χ3v) is 4.49. The quantitative estimate of drug-likeness (QED) is 0.343. The zero-order valence-corrected chi connectivity index (χ0v) is 12.1. The van der Waals surface area contributed by atoms with Crippen LogP contribution in [0.1, 0.15) is 6.92 Å². The Labute approximate surface area is 116 Å². The molecule has 0 aliphatic carbocycles. The molecule has 0 amide bonds. The minimum atomic E-state index is -0.633. The van der Waals surface area contributed by atoms with Gasteiger partial charge in [-0.1, -0.05) is 6.92 Å². The van der Waals surface area contributed by atoms with Crippen molar-refractivity contribution in [3.8, 4) is 0 Å². The second-order valence-electron chi connectivity index (χ2n) is 3.56. The molecule has 0 heterocycles. The molecule has 1 aromatic carbocycles. The molecule has 1 aromatic rings. The average Bonchev–Trinajstić information content (AvgIpc) is 2.29. The van der Waals surface area contributed by atoms with Crippen LogP contribution in [0.4, 0.5) is 10.1 Å². The number of nitro benzene ring substituents is 1. The fourth-order valence-corrected chi connectivity index (χ4v) is 2.85. The minimum Gasteiger partial charge on any atom is -0.258 e. The summed E-state index contributed by atoms with van der Waals surface area (Å²) < 4.78 is 13.4. The van der Waals surface area contributed by atoms with Crippen molar-refractivity contribution < 1.29 is 9.31 Å². The van der Waals surface area contributed by atoms with Crippen molar-refractivity contribution >= 4 is 45.0 Å². The van der Waals surface area contributed by atoms with Crippen molar-refractivity contribution in [2.75, 3.05) is 11.6 Å². The maximum absolute atomic E-state index is 13.2. The van der Waals surface area contributed by atoms with Gasteiger partial charge in [-0.05, 0) is 27.9 Å². The lowest BCUT2D eigenvalue weighted by Crippen LogP contribution is -2.00. The topological polar surface area (TPSA) is 43.1 Å². The Morgan fingerprint density at radius 1 is 1.65 bits per heavy atom. The molecule has 3 nitrogen and oxygen atoms in total. The summed E-state index contributed by atoms with van der Waals surface area (Å²) in [5.74, 6) is 0.752. The third-order valence-electron chi connectivity index (χ3n) is 1.99. The molecule has 7 heteroatoms. The Bertz CT molecular complexity index is 433. The molecule has 0 saturated carbocycles. The van der Waals surface area contributed by atoms with Gasteiger partial charge in [0.25, 0.3) is 5.69 Å². The Morgan fingerprint density at radius 2 is 2.29 bits per heavy atom. The first-order valence-corrected chi connectivity index (χ1v) is 7.09. The van der Waals surface area contributed by atoms with Gasteiger partial charge in [-0.15, -0.1) is 23.4 Å². The van der Waals surface area contributed by atoms with Crippen molar-refractivity contribution in [3.05, 3.63) is 32.5 Å². The molecule has 1 unspecified atom stereocenters. The van der Waals surface area contributed by atoms with Crippen LogP contribution in [0.25, 0.3) is 0 Å². The van der Waals surface area contributed by atoms with Gasteiger partial charge in [-0.3, -0.25) is 10.1 Å². The highest BCUT2D eigenvalue weighted by Gasteiger charge is 2.18. The monoisotopic (exact) mass is 341 g/mol. The van der Waals surface area contributed by atoms with E-state index in [-0.39, 0.29) is 16.1 Å². The molecule has 0 radical (unpaired) electrons. The first kappa shape index (κ1) is 14.7. The zero-order chi connectivity index (χ0) is 13.0. The van der Waals surface area contributed by atoms with E-state index in [9.17, 15) is 14.5 Å². The Kier molecular flexibility index (Phi) is 5.69. The summed E-state index contributed by atoms with van der Waals surface area (Å²) in [5.41, 5.74) is -0.211. The van der Waals surface area contributed by atoms with E-state index in [0.29, 0.717) is 16.5 Å². The van der Waals surface area contributed by atoms with E-state index in [1.54, 1.807) is 0 Å². The van der Waals surface area contributed by atoms with Crippen LogP contribution in [0.5, 0.6) is 0 Å². The molecule has 0 aliphatic rings. The summed E-state index contributed by atoms with van der Waals surface area (Å²) in [6.07, 6.45) is 0. The number of nitrogens with zero attached hydrogens (tertiary/aromatic N) is 1. The predicted molar refractivity (Wildman–Crippen MR) is 71.4 cm³/mol. The van der Waals surface area contributed by atoms with E-state index in [1.807, 2.05) is 6.92 Å². The zero-order valence-electron chi connectivity index (χ0n) is 8.95. The molecule has 17 heavy (non-hydrogen) atoms. The lowest BCUT2D eigenvalue weighted by Gasteiger charge is -2.08. The number of rotatable bonds is 5. The van der Waals surface area contributed by atoms with Crippen molar-refractivity contribution in [1.29, 1.82) is 0 Å². The van der Waals surface area contributed by atoms with Gasteiger partial charge in [0.2, 0.25) is 0 Å². The van der Waals surface area contributed by atoms with Gasteiger partial charge in [0.05, 0.1) is 20.4 Å². The SMILES string of the molecule is CC(CCl)CSc1cc(Br)c(F)cc1[N+](=O)[O-]. The Balaban J connectivity index is 2.96. The van der Waals surface area contributed by atoms with Crippen LogP contribution in [0.2, 0.25) is 0 Å². The molecule has 0 spiro atoms. The van der Waals surface area contributed by atoms with Gasteiger partial charge in [0.1, 0.15) is 5.82 Å². The number of hydrogen-bond donors (Lipinski definition) is 0. The van der Waals surface area contributed by atoms with Crippen LogP contribution >= 0.6 is 39.3 Å². The van der Waals surface area contributed by atoms with Crippen LogP contribution < -0.4 is 0 Å². The fraction of sp³-hybridized carbons (Fsp3) is 0.400. The number of nitro groups is 1. The van der Waals surface area contributed by atoms with Crippen LogP contribution in [0.15, 0.2) is 21.5 Å². The van der Waals surface area contributed by atoms with Gasteiger partial charge >= 0.3 is 0 Å². The highest BCUT2D eigenvalue weighted by molar-refractivity contribution is 9.10. The lowest BCUT2D eigenvalue weighted by molar-refractivity contribution is -0.387. The van der Waals surface area contributed by atoms with Crippen molar-refractivity contribution in [1.82, 2.24) is 0 Å². The van der Waals surface area contributed by atoms with Gasteiger partial charge in [0.15, 0.2) is 0 Å². The molecule has 94 valence electrons. The summed E-state index contributed by atoms with van der Waals surface area (Å²) in [4.78, 5) is 10.6. The Morgan fingerprint density at radius 3 is 2.82 bits per heavy atom. The molecule has 0 N–H and O–H groups in total. The molecule has 0 aliphatic heterocycles. The second kappa shape index (κ2) is 6.56. The second-order valence-corrected chi connectivity index (χ2v) is 5.79. The molecular weight excluding hydrogens is 333 g/mol. The minimum absolute atomic E-state index is 0.211. The maximum atomic E-state index is 13.2. The lowest BCUT2D eigenvalue weighted by atomic mass is 10.3. The smallest absolute Gasteiger partial charge is 0.258 e. The summed E-state index contributed by atoms with van der Waals surface area (Å²) in [7, 11) is 0. The normalized spacial score (nSPS) is 12.5. The molecule has 0 fully saturated rings. The van der Waals surface area contributed by atoms with E-state index in [1.165, 1.54) is 17.8 Å². The maximum Gasteiger partial charge on any atom is 0.285 e. The first-order valence-electron chi connectivity index (χ1n) is 4.78. The van der Waals surface area contributed by atoms with Crippen molar-refractivity contribution in [3.63, 3.8) is 0 Å². The highest BCUT2D eigenvalue weighted by atomic mass is 79.9. The van der Waals surface area contributed by atoms with E-state index >= 15 is 0 Å². The molecular formula is C10H10BrClFNO2S. The van der Waals surface area contributed by atoms with Gasteiger partial charge in [-0.25, -0.2) is 4.39 Å². The van der Waals surface area contributed by atoms with Gasteiger partial charge in [-0.2, -0.15) is 0 Å². The number of alkyl halides is 1. The van der Waals surface area contributed by atoms with Crippen molar-refractivity contribution in [2.24, 2.45) is 5.92 Å². The number of benzene rings is 1. The van der Waals surface area contributed by atoms with Crippen LogP contribution in [-0.2, 0) is 0 Å². The van der Waals surface area contributed by atoms with E-state index < -0.39 is 10.7 Å². The standard InChI is InChI=1S/C10H10BrClFNO2S/c1-6(4-12)5-17-10-2-7(11)8(13)3-9(10)14(15)16/h2-3,6H,4-5H2,1H3. The summed E-state index contributed by atoms with van der Waals surface area (Å²) in [5, 5.41) is 10.8. The van der Waals surface area contributed by atoms with E-state index in [2.05, 4.69) is 15.9 Å². The molecule has 0 bridgehead atoms. The molecule has 1 rings (SSSR count). The van der Waals surface area contributed by atoms with Crippen LogP contribution in [0, 0.1) is 21.8 Å². The summed E-state index contributed by atoms with van der Waals surface area (Å²) in [6, 6.07) is 2.36. The largest absolute Gasteiger partial charge is 0.285 e. The van der Waals surface area contributed by atoms with Crippen molar-refractivity contribution in [2.45, 2.75) is 11.8 Å². The summed E-state index contributed by atoms with van der Waals surface area (Å²) in [6.45, 7) is 1.95. The molecule has 0 aromatic heterocycles. The van der Waals surface area contributed by atoms with Gasteiger partial charge < -0.3 is 0 Å². The van der Waals surface area contributed by atoms with Crippen LogP contribution in [-0.4, -0.2) is 16.6 Å². The fourth-order valence-electron chi connectivity index (χ4n) is 1.05. The average molecular weight is 343 g/mol. The Hall–Kier alpha value is -0.330. The highest BCUT2D eigenvalue weighted by Crippen LogP contribution is 2.34. The molecule has 0 saturated heterocycles. The summed E-state index contributed by atoms with van der Waals surface area (Å²) >= 11 is 9.99. The predicted octanol–water partition coefficient (Wildman–Crippen LogP) is 4.46. The molecule has 1 atom stereocenters. The van der Waals surface area contributed by atoms with Crippen LogP contribution in [0.3, 0.4) is 0 Å². The first-order chi connectivity index (χ1) is 7.95. The number of halogens is 3. The van der Waals surface area contributed by atoms with Gasteiger partial charge in [0, 0.05) is 11.6 Å². The van der Waals surface area contributed by atoms with E-state index in [4.69, 9.17) is 11.6 Å². The number of hydrogen-bond acceptors (Lipinski definition) is 3. The van der Waals surface area contributed by atoms with E-state index in [0.717, 1.165) is 6.07 Å².